The molecule has 4 aromatic carbocycles. The highest BCUT2D eigenvalue weighted by molar-refractivity contribution is 7.89. The zero-order chi connectivity index (χ0) is 36.5. The van der Waals surface area contributed by atoms with Gasteiger partial charge in [-0.15, -0.1) is 10.2 Å². The van der Waals surface area contributed by atoms with Gasteiger partial charge >= 0.3 is 0 Å². The molecule has 5 N–H and O–H groups in total. The van der Waals surface area contributed by atoms with E-state index < -0.39 is 57.4 Å². The fourth-order valence-electron chi connectivity index (χ4n) is 4.92. The summed E-state index contributed by atoms with van der Waals surface area (Å²) in [5, 5.41) is 24.1. The van der Waals surface area contributed by atoms with Crippen LogP contribution in [0.2, 0.25) is 0 Å². The molecule has 1 amide bonds. The molecule has 4 rings (SSSR count). The molecule has 0 spiro atoms. The maximum atomic E-state index is 12.8. The molecule has 0 saturated heterocycles. The van der Waals surface area contributed by atoms with Crippen molar-refractivity contribution >= 4 is 75.4 Å². The monoisotopic (exact) mass is 735 g/mol. The predicted octanol–water partition coefficient (Wildman–Crippen LogP) is 5.50. The standard InChI is InChI=1S/C30H33N5O11S3/c1-6-35(7-2)47(38,39)21-10-8-20(9-11-21)32-23-16-26(46-5)24(12-17(23)3)33-34-29-27(49(43,44)45)14-19-13-22(48(40,41)42)15-25(31-18(4)36)28(19)30(29)37/h8-16,32,37H,6-7H2,1-5H3,(H,31,36)(H,40,41,42)(H,43,44,45)/b34-33+. The maximum absolute atomic E-state index is 12.8. The van der Waals surface area contributed by atoms with Crippen LogP contribution in [0.25, 0.3) is 10.8 Å². The van der Waals surface area contributed by atoms with E-state index in [9.17, 15) is 44.3 Å². The van der Waals surface area contributed by atoms with Crippen molar-refractivity contribution < 1.29 is 49.0 Å². The number of rotatable bonds is 12. The number of aryl methyl sites for hydroxylation is 1. The molecule has 0 atom stereocenters. The first-order valence-electron chi connectivity index (χ1n) is 14.4. The molecule has 16 nitrogen and oxygen atoms in total. The average Bonchev–Trinajstić information content (AvgIpc) is 3.00. The van der Waals surface area contributed by atoms with Crippen molar-refractivity contribution in [3.63, 3.8) is 0 Å². The Morgan fingerprint density at radius 3 is 2.02 bits per heavy atom. The highest BCUT2D eigenvalue weighted by atomic mass is 32.2. The number of benzene rings is 4. The van der Waals surface area contributed by atoms with Gasteiger partial charge in [0.25, 0.3) is 20.2 Å². The number of nitrogens with zero attached hydrogens (tertiary/aromatic N) is 3. The number of fused-ring (bicyclic) bond motifs is 1. The molecular formula is C30H33N5O11S3. The van der Waals surface area contributed by atoms with Gasteiger partial charge in [-0.1, -0.05) is 13.8 Å². The molecular weight excluding hydrogens is 703 g/mol. The zero-order valence-electron chi connectivity index (χ0n) is 26.8. The molecule has 0 fully saturated rings. The Kier molecular flexibility index (Phi) is 10.7. The number of hydrogen-bond acceptors (Lipinski definition) is 12. The Bertz CT molecular complexity index is 2310. The number of amides is 1. The van der Waals surface area contributed by atoms with Gasteiger partial charge in [-0.3, -0.25) is 13.9 Å². The lowest BCUT2D eigenvalue weighted by Gasteiger charge is -2.19. The van der Waals surface area contributed by atoms with Crippen molar-refractivity contribution in [2.45, 2.75) is 42.4 Å². The molecule has 19 heteroatoms. The number of carbonyl (C=O) groups excluding carboxylic acids is 1. The number of ether oxygens (including phenoxy) is 1. The Labute approximate surface area is 283 Å². The van der Waals surface area contributed by atoms with E-state index in [0.29, 0.717) is 30.0 Å². The lowest BCUT2D eigenvalue weighted by atomic mass is 10.1. The summed E-state index contributed by atoms with van der Waals surface area (Å²) in [6, 6.07) is 11.7. The van der Waals surface area contributed by atoms with Crippen molar-refractivity contribution in [2.24, 2.45) is 10.2 Å². The smallest absolute Gasteiger partial charge is 0.296 e. The first-order chi connectivity index (χ1) is 22.8. The number of carbonyl (C=O) groups is 1. The highest BCUT2D eigenvalue weighted by Gasteiger charge is 2.26. The Morgan fingerprint density at radius 2 is 1.49 bits per heavy atom. The second kappa shape index (κ2) is 14.1. The van der Waals surface area contributed by atoms with Gasteiger partial charge in [-0.25, -0.2) is 8.42 Å². The van der Waals surface area contributed by atoms with Crippen LogP contribution in [0.3, 0.4) is 0 Å². The summed E-state index contributed by atoms with van der Waals surface area (Å²) < 4.78 is 100. The maximum Gasteiger partial charge on any atom is 0.296 e. The van der Waals surface area contributed by atoms with E-state index in [0.717, 1.165) is 25.1 Å². The fraction of sp³-hybridized carbons (Fsp3) is 0.233. The third-order valence-electron chi connectivity index (χ3n) is 7.27. The molecule has 0 aliphatic carbocycles. The first kappa shape index (κ1) is 37.2. The van der Waals surface area contributed by atoms with Gasteiger partial charge in [0.05, 0.1) is 22.6 Å². The molecule has 0 radical (unpaired) electrons. The number of phenolic OH excluding ortho intramolecular Hbond substituents is 1. The van der Waals surface area contributed by atoms with Gasteiger partial charge in [0, 0.05) is 42.8 Å². The number of nitrogens with one attached hydrogen (secondary N) is 2. The number of sulfonamides is 1. The number of methoxy groups -OCH3 is 1. The lowest BCUT2D eigenvalue weighted by molar-refractivity contribution is -0.114. The lowest BCUT2D eigenvalue weighted by Crippen LogP contribution is -2.30. The Morgan fingerprint density at radius 1 is 0.857 bits per heavy atom. The van der Waals surface area contributed by atoms with Gasteiger partial charge < -0.3 is 20.5 Å². The van der Waals surface area contributed by atoms with E-state index in [4.69, 9.17) is 4.74 Å². The van der Waals surface area contributed by atoms with Crippen molar-refractivity contribution in [2.75, 3.05) is 30.8 Å². The minimum absolute atomic E-state index is 0.0656. The second-order valence-electron chi connectivity index (χ2n) is 10.5. The van der Waals surface area contributed by atoms with Crippen LogP contribution in [0.15, 0.2) is 79.5 Å². The molecule has 0 bridgehead atoms. The SMILES string of the molecule is CCN(CC)S(=O)(=O)c1ccc(Nc2cc(OC)c(/N=N/c3c(S(=O)(=O)O)cc4cc(S(=O)(=O)O)cc(NC(C)=O)c4c3O)cc2C)cc1. The normalized spacial score (nSPS) is 12.5. The van der Waals surface area contributed by atoms with Gasteiger partial charge in [-0.2, -0.15) is 21.1 Å². The zero-order valence-corrected chi connectivity index (χ0v) is 29.2. The van der Waals surface area contributed by atoms with Crippen LogP contribution in [0.4, 0.5) is 28.4 Å². The van der Waals surface area contributed by atoms with Crippen molar-refractivity contribution in [3.8, 4) is 11.5 Å². The van der Waals surface area contributed by atoms with Crippen LogP contribution >= 0.6 is 0 Å². The largest absolute Gasteiger partial charge is 0.505 e. The molecule has 0 aliphatic rings. The minimum atomic E-state index is -5.12. The molecule has 0 aromatic heterocycles. The van der Waals surface area contributed by atoms with Gasteiger partial charge in [0.15, 0.2) is 5.75 Å². The molecule has 0 saturated carbocycles. The van der Waals surface area contributed by atoms with Gasteiger partial charge in [-0.05, 0) is 66.4 Å². The van der Waals surface area contributed by atoms with Crippen LogP contribution in [-0.4, -0.2) is 69.9 Å². The number of azo groups is 1. The van der Waals surface area contributed by atoms with E-state index >= 15 is 0 Å². The summed E-state index contributed by atoms with van der Waals surface area (Å²) in [6.07, 6.45) is 0. The Balaban J connectivity index is 1.79. The molecule has 49 heavy (non-hydrogen) atoms. The van der Waals surface area contributed by atoms with E-state index in [2.05, 4.69) is 20.9 Å². The average molecular weight is 736 g/mol. The fourth-order valence-corrected chi connectivity index (χ4v) is 7.58. The van der Waals surface area contributed by atoms with Crippen LogP contribution in [0, 0.1) is 6.92 Å². The highest BCUT2D eigenvalue weighted by Crippen LogP contribution is 2.46. The van der Waals surface area contributed by atoms with Crippen molar-refractivity contribution in [3.05, 3.63) is 60.2 Å². The van der Waals surface area contributed by atoms with Gasteiger partial charge in [0.1, 0.15) is 22.0 Å². The van der Waals surface area contributed by atoms with E-state index in [-0.39, 0.29) is 32.8 Å². The predicted molar refractivity (Wildman–Crippen MR) is 181 cm³/mol. The second-order valence-corrected chi connectivity index (χ2v) is 15.3. The van der Waals surface area contributed by atoms with E-state index in [1.165, 1.54) is 29.6 Å². The third kappa shape index (κ3) is 7.98. The quantitative estimate of drug-likeness (QED) is 0.0894. The van der Waals surface area contributed by atoms with E-state index in [1.54, 1.807) is 39.0 Å². The minimum Gasteiger partial charge on any atom is -0.505 e. The van der Waals surface area contributed by atoms with Crippen LogP contribution in [-0.2, 0) is 35.1 Å². The summed E-state index contributed by atoms with van der Waals surface area (Å²) in [7, 11) is -12.3. The molecule has 4 aromatic rings. The molecule has 0 heterocycles. The summed E-state index contributed by atoms with van der Waals surface area (Å²) in [6.45, 7) is 6.97. The van der Waals surface area contributed by atoms with Crippen molar-refractivity contribution in [1.29, 1.82) is 0 Å². The topological polar surface area (TPSA) is 241 Å². The summed E-state index contributed by atoms with van der Waals surface area (Å²) >= 11 is 0. The summed E-state index contributed by atoms with van der Waals surface area (Å²) in [5.41, 5.74) is 0.702. The van der Waals surface area contributed by atoms with Crippen LogP contribution in [0.5, 0.6) is 11.5 Å². The molecule has 262 valence electrons. The number of hydrogen-bond donors (Lipinski definition) is 5. The third-order valence-corrected chi connectivity index (χ3v) is 11.0. The summed E-state index contributed by atoms with van der Waals surface area (Å²) in [4.78, 5) is 10.3. The van der Waals surface area contributed by atoms with Gasteiger partial charge in [0.2, 0.25) is 15.9 Å². The molecule has 0 unspecified atom stereocenters. The van der Waals surface area contributed by atoms with Crippen LogP contribution in [0.1, 0.15) is 26.3 Å². The number of phenols is 1. The van der Waals surface area contributed by atoms with Crippen LogP contribution < -0.4 is 15.4 Å². The molecule has 0 aliphatic heterocycles. The Hall–Kier alpha value is -4.66. The summed E-state index contributed by atoms with van der Waals surface area (Å²) in [5.74, 6) is -1.44. The van der Waals surface area contributed by atoms with E-state index in [1.807, 2.05) is 0 Å². The first-order valence-corrected chi connectivity index (χ1v) is 18.7. The number of aromatic hydroxyl groups is 1. The van der Waals surface area contributed by atoms with Crippen molar-refractivity contribution in [1.82, 2.24) is 4.31 Å². The number of anilines is 3.